The summed E-state index contributed by atoms with van der Waals surface area (Å²) in [6, 6.07) is 11.9. The number of hydrogen-bond acceptors (Lipinski definition) is 8. The Bertz CT molecular complexity index is 1250. The second-order valence-electron chi connectivity index (χ2n) is 10.6. The lowest BCUT2D eigenvalue weighted by atomic mass is 9.98. The third-order valence-electron chi connectivity index (χ3n) is 6.90. The predicted octanol–water partition coefficient (Wildman–Crippen LogP) is 6.08. The van der Waals surface area contributed by atoms with Crippen LogP contribution in [-0.2, 0) is 18.9 Å². The number of phenolic OH excluding ortho intramolecular Hbond substituents is 1. The Morgan fingerprint density at radius 2 is 1.85 bits per heavy atom. The molecule has 2 aliphatic rings. The minimum absolute atomic E-state index is 0.0651. The van der Waals surface area contributed by atoms with Crippen molar-refractivity contribution in [3.63, 3.8) is 0 Å². The summed E-state index contributed by atoms with van der Waals surface area (Å²) in [6.07, 6.45) is 6.04. The smallest absolute Gasteiger partial charge is 0.342 e. The molecule has 8 heteroatoms. The second kappa shape index (κ2) is 12.7. The van der Waals surface area contributed by atoms with Crippen LogP contribution in [0, 0.1) is 5.92 Å². The molecule has 2 heterocycles. The largest absolute Gasteiger partial charge is 0.507 e. The molecule has 0 spiro atoms. The van der Waals surface area contributed by atoms with E-state index in [4.69, 9.17) is 23.7 Å². The van der Waals surface area contributed by atoms with Gasteiger partial charge in [0.2, 0.25) is 0 Å². The summed E-state index contributed by atoms with van der Waals surface area (Å²) < 4.78 is 29.9. The average molecular weight is 551 g/mol. The van der Waals surface area contributed by atoms with Crippen LogP contribution in [-0.4, -0.2) is 53.9 Å². The molecule has 4 rings (SSSR count). The molecular weight excluding hydrogens is 512 g/mol. The summed E-state index contributed by atoms with van der Waals surface area (Å²) in [4.78, 5) is 26.2. The van der Waals surface area contributed by atoms with Gasteiger partial charge in [-0.1, -0.05) is 50.3 Å². The number of phenols is 1. The van der Waals surface area contributed by atoms with Gasteiger partial charge in [0.15, 0.2) is 5.79 Å². The van der Waals surface area contributed by atoms with Gasteiger partial charge in [-0.25, -0.2) is 9.59 Å². The van der Waals surface area contributed by atoms with Crippen molar-refractivity contribution in [1.82, 2.24) is 0 Å². The summed E-state index contributed by atoms with van der Waals surface area (Å²) in [7, 11) is 0. The minimum Gasteiger partial charge on any atom is -0.507 e. The molecule has 2 aromatic rings. The quantitative estimate of drug-likeness (QED) is 0.353. The van der Waals surface area contributed by atoms with Crippen LogP contribution in [0.4, 0.5) is 0 Å². The third-order valence-corrected chi connectivity index (χ3v) is 6.90. The first kappa shape index (κ1) is 29.4. The van der Waals surface area contributed by atoms with E-state index in [0.717, 1.165) is 6.42 Å². The number of benzene rings is 2. The van der Waals surface area contributed by atoms with Crippen LogP contribution in [0.15, 0.2) is 60.7 Å². The van der Waals surface area contributed by atoms with Crippen LogP contribution in [0.2, 0.25) is 0 Å². The molecule has 1 fully saturated rings. The molecule has 5 atom stereocenters. The van der Waals surface area contributed by atoms with Gasteiger partial charge >= 0.3 is 11.9 Å². The SMILES string of the molecule is CCCOc1cc(O)c2c(c1)/C=C/CC1OC(C)(C)OC1C(OC(=O)c1ccccc1)/C=C\[C@@H](C)C(C)OC2=O. The van der Waals surface area contributed by atoms with Crippen LogP contribution in [0.1, 0.15) is 73.7 Å². The first-order valence-corrected chi connectivity index (χ1v) is 13.7. The zero-order chi connectivity index (χ0) is 28.9. The van der Waals surface area contributed by atoms with Gasteiger partial charge in [-0.2, -0.15) is 0 Å². The average Bonchev–Trinajstić information content (AvgIpc) is 3.23. The van der Waals surface area contributed by atoms with Crippen molar-refractivity contribution in [2.24, 2.45) is 5.92 Å². The second-order valence-corrected chi connectivity index (χ2v) is 10.6. The zero-order valence-corrected chi connectivity index (χ0v) is 23.7. The van der Waals surface area contributed by atoms with Gasteiger partial charge in [0.25, 0.3) is 0 Å². The highest BCUT2D eigenvalue weighted by atomic mass is 16.8. The highest BCUT2D eigenvalue weighted by Crippen LogP contribution is 2.35. The van der Waals surface area contributed by atoms with Crippen LogP contribution in [0.25, 0.3) is 6.08 Å². The van der Waals surface area contributed by atoms with Crippen molar-refractivity contribution in [3.05, 3.63) is 77.4 Å². The summed E-state index contributed by atoms with van der Waals surface area (Å²) in [5, 5.41) is 10.8. The van der Waals surface area contributed by atoms with Crippen molar-refractivity contribution in [3.8, 4) is 11.5 Å². The van der Waals surface area contributed by atoms with Gasteiger partial charge in [0.1, 0.15) is 35.4 Å². The van der Waals surface area contributed by atoms with Crippen molar-refractivity contribution < 1.29 is 38.4 Å². The van der Waals surface area contributed by atoms with Crippen molar-refractivity contribution in [2.45, 2.75) is 77.7 Å². The van der Waals surface area contributed by atoms with E-state index >= 15 is 0 Å². The van der Waals surface area contributed by atoms with Gasteiger partial charge in [0, 0.05) is 12.0 Å². The van der Waals surface area contributed by atoms with E-state index in [1.807, 2.05) is 45.9 Å². The van der Waals surface area contributed by atoms with Crippen molar-refractivity contribution in [2.75, 3.05) is 6.61 Å². The number of aromatic hydroxyl groups is 1. The topological polar surface area (TPSA) is 101 Å². The number of cyclic esters (lactones) is 1. The molecule has 2 aromatic carbocycles. The first-order chi connectivity index (χ1) is 19.1. The standard InChI is InChI=1S/C32H38O8/c1-6-17-36-24-18-23-13-10-14-27-29(40-32(4,5)39-27)26(38-30(34)22-11-8-7-9-12-22)16-15-20(2)21(3)37-31(35)28(23)25(33)19-24/h7-13,15-16,18-21,26-27,29,33H,6,14,17H2,1-5H3/b13-10+,16-15-/t20-,21?,26?,27?,29?/m1/s1. The number of carbonyl (C=O) groups is 2. The van der Waals surface area contributed by atoms with Gasteiger partial charge in [-0.05, 0) is 63.5 Å². The lowest BCUT2D eigenvalue weighted by Gasteiger charge is -2.25. The van der Waals surface area contributed by atoms with E-state index in [1.54, 1.807) is 49.4 Å². The van der Waals surface area contributed by atoms with E-state index in [1.165, 1.54) is 6.07 Å². The van der Waals surface area contributed by atoms with Gasteiger partial charge in [-0.15, -0.1) is 0 Å². The fraction of sp³-hybridized carbons (Fsp3) is 0.438. The molecule has 214 valence electrons. The van der Waals surface area contributed by atoms with Crippen LogP contribution in [0.3, 0.4) is 0 Å². The normalized spacial score (nSPS) is 27.8. The Balaban J connectivity index is 1.71. The summed E-state index contributed by atoms with van der Waals surface area (Å²) in [5.74, 6) is -2.03. The maximum atomic E-state index is 13.2. The lowest BCUT2D eigenvalue weighted by Crippen LogP contribution is -2.37. The molecule has 0 amide bonds. The number of fused-ring (bicyclic) bond motifs is 2. The fourth-order valence-corrected chi connectivity index (χ4v) is 4.69. The maximum absolute atomic E-state index is 13.2. The fourth-order valence-electron chi connectivity index (χ4n) is 4.69. The van der Waals surface area contributed by atoms with Crippen LogP contribution in [0.5, 0.6) is 11.5 Å². The predicted molar refractivity (Wildman–Crippen MR) is 150 cm³/mol. The molecule has 40 heavy (non-hydrogen) atoms. The summed E-state index contributed by atoms with van der Waals surface area (Å²) in [5.41, 5.74) is 0.957. The number of ether oxygens (including phenoxy) is 5. The molecule has 0 aromatic heterocycles. The number of carbonyl (C=O) groups excluding carboxylic acids is 2. The molecule has 0 saturated carbocycles. The van der Waals surface area contributed by atoms with Crippen molar-refractivity contribution >= 4 is 18.0 Å². The molecule has 8 nitrogen and oxygen atoms in total. The summed E-state index contributed by atoms with van der Waals surface area (Å²) in [6.45, 7) is 9.77. The van der Waals surface area contributed by atoms with Gasteiger partial charge < -0.3 is 28.8 Å². The molecule has 0 bridgehead atoms. The molecule has 2 aliphatic heterocycles. The highest BCUT2D eigenvalue weighted by molar-refractivity contribution is 5.97. The Morgan fingerprint density at radius 1 is 1.10 bits per heavy atom. The molecule has 4 unspecified atom stereocenters. The summed E-state index contributed by atoms with van der Waals surface area (Å²) >= 11 is 0. The zero-order valence-electron chi connectivity index (χ0n) is 23.7. The van der Waals surface area contributed by atoms with Gasteiger partial charge in [-0.3, -0.25) is 0 Å². The Hall–Kier alpha value is -3.62. The first-order valence-electron chi connectivity index (χ1n) is 13.7. The number of esters is 2. The van der Waals surface area contributed by atoms with E-state index < -0.39 is 42.1 Å². The Morgan fingerprint density at radius 3 is 2.58 bits per heavy atom. The maximum Gasteiger partial charge on any atom is 0.342 e. The third kappa shape index (κ3) is 7.11. The monoisotopic (exact) mass is 550 g/mol. The number of hydrogen-bond donors (Lipinski definition) is 1. The van der Waals surface area contributed by atoms with E-state index in [9.17, 15) is 14.7 Å². The molecule has 1 N–H and O–H groups in total. The Labute approximate surface area is 235 Å². The highest BCUT2D eigenvalue weighted by Gasteiger charge is 2.45. The van der Waals surface area contributed by atoms with Crippen LogP contribution >= 0.6 is 0 Å². The Kier molecular flexibility index (Phi) is 9.32. The van der Waals surface area contributed by atoms with Crippen molar-refractivity contribution in [1.29, 1.82) is 0 Å². The molecule has 0 radical (unpaired) electrons. The van der Waals surface area contributed by atoms with E-state index in [2.05, 4.69) is 0 Å². The van der Waals surface area contributed by atoms with Crippen LogP contribution < -0.4 is 4.74 Å². The minimum atomic E-state index is -0.905. The number of rotatable bonds is 5. The van der Waals surface area contributed by atoms with E-state index in [-0.39, 0.29) is 17.2 Å². The molecule has 1 saturated heterocycles. The van der Waals surface area contributed by atoms with E-state index in [0.29, 0.717) is 29.9 Å². The van der Waals surface area contributed by atoms with Gasteiger partial charge in [0.05, 0.1) is 18.3 Å². The molecule has 0 aliphatic carbocycles. The molecular formula is C32H38O8. The lowest BCUT2D eigenvalue weighted by molar-refractivity contribution is -0.152.